The van der Waals surface area contributed by atoms with Gasteiger partial charge in [-0.1, -0.05) is 39.0 Å². The van der Waals surface area contributed by atoms with Gasteiger partial charge in [-0.2, -0.15) is 0 Å². The smallest absolute Gasteiger partial charge is 0.0479 e. The molecule has 9 heavy (non-hydrogen) atoms. The first-order valence-corrected chi connectivity index (χ1v) is 7.43. The second-order valence-corrected chi connectivity index (χ2v) is 9.67. The Labute approximate surface area is 59.7 Å². The zero-order chi connectivity index (χ0) is 7.07. The van der Waals surface area contributed by atoms with Crippen molar-refractivity contribution in [3.05, 3.63) is 0 Å². The summed E-state index contributed by atoms with van der Waals surface area (Å²) >= 11 is 0. The zero-order valence-corrected chi connectivity index (χ0v) is 8.07. The molecule has 1 aliphatic heterocycles. The van der Waals surface area contributed by atoms with Crippen molar-refractivity contribution in [3.63, 3.8) is 0 Å². The van der Waals surface area contributed by atoms with Crippen LogP contribution in [0.1, 0.15) is 13.8 Å². The summed E-state index contributed by atoms with van der Waals surface area (Å²) in [5.41, 5.74) is 0. The van der Waals surface area contributed by atoms with Crippen LogP contribution in [0.5, 0.6) is 0 Å². The van der Waals surface area contributed by atoms with Crippen LogP contribution in [0.3, 0.4) is 0 Å². The largest absolute Gasteiger partial charge is 0.0693 e. The molecule has 1 saturated heterocycles. The Morgan fingerprint density at radius 2 is 1.33 bits per heavy atom. The molecule has 0 aromatic carbocycles. The van der Waals surface area contributed by atoms with Crippen molar-refractivity contribution >= 4 is 8.07 Å². The van der Waals surface area contributed by atoms with Crippen molar-refractivity contribution in [2.75, 3.05) is 0 Å². The zero-order valence-electron chi connectivity index (χ0n) is 7.07. The lowest BCUT2D eigenvalue weighted by atomic mass is 10.0. The summed E-state index contributed by atoms with van der Waals surface area (Å²) in [6.07, 6.45) is 0. The number of rotatable bonds is 0. The molecule has 0 radical (unpaired) electrons. The molecular weight excluding hydrogens is 124 g/mol. The van der Waals surface area contributed by atoms with Crippen LogP contribution in [0.25, 0.3) is 0 Å². The van der Waals surface area contributed by atoms with Crippen LogP contribution < -0.4 is 0 Å². The number of hydrogen-bond acceptors (Lipinski definition) is 0. The van der Waals surface area contributed by atoms with Crippen LogP contribution in [0.15, 0.2) is 0 Å². The average Bonchev–Trinajstić information content (AvgIpc) is 1.79. The maximum atomic E-state index is 2.52. The molecular formula is C8H18Si. The quantitative estimate of drug-likeness (QED) is 0.456. The topological polar surface area (TPSA) is 0 Å². The van der Waals surface area contributed by atoms with Gasteiger partial charge in [-0.15, -0.1) is 0 Å². The summed E-state index contributed by atoms with van der Waals surface area (Å²) in [6.45, 7) is 9.86. The average molecular weight is 142 g/mol. The van der Waals surface area contributed by atoms with Gasteiger partial charge in [0.25, 0.3) is 0 Å². The highest BCUT2D eigenvalue weighted by Gasteiger charge is 2.35. The van der Waals surface area contributed by atoms with E-state index >= 15 is 0 Å². The standard InChI is InChI=1S/C8H18Si/c1-7-5-9(3,4)6-8(7)2/h7-8H,5-6H2,1-4H3/t7-,8-/m1/s1. The van der Waals surface area contributed by atoms with Gasteiger partial charge in [-0.25, -0.2) is 0 Å². The molecule has 0 aromatic rings. The molecule has 1 aliphatic rings. The predicted molar refractivity (Wildman–Crippen MR) is 45.4 cm³/mol. The Kier molecular flexibility index (Phi) is 1.72. The molecule has 0 aliphatic carbocycles. The van der Waals surface area contributed by atoms with Gasteiger partial charge in [0.15, 0.2) is 0 Å². The van der Waals surface area contributed by atoms with Crippen LogP contribution in [0, 0.1) is 11.8 Å². The highest BCUT2D eigenvalue weighted by molar-refractivity contribution is 6.78. The lowest BCUT2D eigenvalue weighted by Gasteiger charge is -2.12. The van der Waals surface area contributed by atoms with E-state index < -0.39 is 8.07 Å². The summed E-state index contributed by atoms with van der Waals surface area (Å²) in [5, 5.41) is 0. The maximum absolute atomic E-state index is 2.52. The van der Waals surface area contributed by atoms with Crippen molar-refractivity contribution in [1.82, 2.24) is 0 Å². The van der Waals surface area contributed by atoms with E-state index in [1.807, 2.05) is 0 Å². The molecule has 0 bridgehead atoms. The minimum Gasteiger partial charge on any atom is -0.0693 e. The summed E-state index contributed by atoms with van der Waals surface area (Å²) in [6, 6.07) is 3.13. The third-order valence-electron chi connectivity index (χ3n) is 2.72. The maximum Gasteiger partial charge on any atom is 0.0479 e. The van der Waals surface area contributed by atoms with Crippen LogP contribution >= 0.6 is 0 Å². The van der Waals surface area contributed by atoms with E-state index in [9.17, 15) is 0 Å². The van der Waals surface area contributed by atoms with Gasteiger partial charge in [0.2, 0.25) is 0 Å². The van der Waals surface area contributed by atoms with E-state index in [2.05, 4.69) is 26.9 Å². The van der Waals surface area contributed by atoms with E-state index in [1.165, 1.54) is 0 Å². The first kappa shape index (κ1) is 7.33. The van der Waals surface area contributed by atoms with Gasteiger partial charge in [0.05, 0.1) is 0 Å². The molecule has 0 spiro atoms. The van der Waals surface area contributed by atoms with E-state index in [-0.39, 0.29) is 0 Å². The Morgan fingerprint density at radius 1 is 1.00 bits per heavy atom. The molecule has 1 rings (SSSR count). The summed E-state index contributed by atoms with van der Waals surface area (Å²) < 4.78 is 0. The van der Waals surface area contributed by atoms with Crippen molar-refractivity contribution in [1.29, 1.82) is 0 Å². The second-order valence-electron chi connectivity index (χ2n) is 4.53. The van der Waals surface area contributed by atoms with E-state index in [0.29, 0.717) is 0 Å². The molecule has 1 heteroatoms. The minimum atomic E-state index is -0.666. The van der Waals surface area contributed by atoms with Crippen molar-refractivity contribution < 1.29 is 0 Å². The van der Waals surface area contributed by atoms with Crippen molar-refractivity contribution in [2.45, 2.75) is 39.0 Å². The normalized spacial score (nSPS) is 41.3. The molecule has 0 aromatic heterocycles. The minimum absolute atomic E-state index is 0.666. The van der Waals surface area contributed by atoms with Crippen molar-refractivity contribution in [3.8, 4) is 0 Å². The van der Waals surface area contributed by atoms with Gasteiger partial charge in [-0.3, -0.25) is 0 Å². The summed E-state index contributed by atoms with van der Waals surface area (Å²) in [4.78, 5) is 0. The molecule has 0 unspecified atom stereocenters. The molecule has 1 heterocycles. The van der Waals surface area contributed by atoms with Gasteiger partial charge in [0.1, 0.15) is 0 Å². The number of hydrogen-bond donors (Lipinski definition) is 0. The SMILES string of the molecule is C[C@@H]1C[Si](C)(C)C[C@H]1C. The van der Waals surface area contributed by atoms with Crippen LogP contribution in [-0.2, 0) is 0 Å². The van der Waals surface area contributed by atoms with Crippen LogP contribution in [0.2, 0.25) is 25.2 Å². The molecule has 0 nitrogen and oxygen atoms in total. The van der Waals surface area contributed by atoms with Gasteiger partial charge >= 0.3 is 0 Å². The first-order valence-electron chi connectivity index (χ1n) is 4.01. The Bertz CT molecular complexity index is 95.1. The van der Waals surface area contributed by atoms with Gasteiger partial charge in [-0.05, 0) is 11.8 Å². The Hall–Kier alpha value is 0.217. The predicted octanol–water partition coefficient (Wildman–Crippen LogP) is 2.98. The third-order valence-corrected chi connectivity index (χ3v) is 6.22. The second kappa shape index (κ2) is 2.12. The molecule has 0 saturated carbocycles. The highest BCUT2D eigenvalue weighted by Crippen LogP contribution is 2.38. The fraction of sp³-hybridized carbons (Fsp3) is 1.00. The molecule has 2 atom stereocenters. The fourth-order valence-electron chi connectivity index (χ4n) is 2.23. The van der Waals surface area contributed by atoms with Crippen molar-refractivity contribution in [2.24, 2.45) is 11.8 Å². The summed E-state index contributed by atoms with van der Waals surface area (Å²) in [7, 11) is -0.666. The van der Waals surface area contributed by atoms with Gasteiger partial charge in [0, 0.05) is 8.07 Å². The van der Waals surface area contributed by atoms with E-state index in [4.69, 9.17) is 0 Å². The van der Waals surface area contributed by atoms with Crippen LogP contribution in [-0.4, -0.2) is 8.07 Å². The Balaban J connectivity index is 2.54. The fourth-order valence-corrected chi connectivity index (χ4v) is 6.69. The van der Waals surface area contributed by atoms with E-state index in [0.717, 1.165) is 11.8 Å². The lowest BCUT2D eigenvalue weighted by Crippen LogP contribution is -2.19. The van der Waals surface area contributed by atoms with Crippen LogP contribution in [0.4, 0.5) is 0 Å². The Morgan fingerprint density at radius 3 is 1.44 bits per heavy atom. The molecule has 54 valence electrons. The molecule has 0 amide bonds. The molecule has 0 N–H and O–H groups in total. The highest BCUT2D eigenvalue weighted by atomic mass is 28.3. The van der Waals surface area contributed by atoms with E-state index in [1.54, 1.807) is 12.1 Å². The lowest BCUT2D eigenvalue weighted by molar-refractivity contribution is 0.486. The summed E-state index contributed by atoms with van der Waals surface area (Å²) in [5.74, 6) is 2.04. The first-order chi connectivity index (χ1) is 4.01. The van der Waals surface area contributed by atoms with Gasteiger partial charge < -0.3 is 0 Å². The molecule has 1 fully saturated rings. The monoisotopic (exact) mass is 142 g/mol. The third kappa shape index (κ3) is 1.57.